The maximum Gasteiger partial charge on any atom is 0.168 e. The summed E-state index contributed by atoms with van der Waals surface area (Å²) in [7, 11) is 0. The summed E-state index contributed by atoms with van der Waals surface area (Å²) in [5, 5.41) is 0. The lowest BCUT2D eigenvalue weighted by atomic mass is 9.86. The lowest BCUT2D eigenvalue weighted by Gasteiger charge is -2.37. The highest BCUT2D eigenvalue weighted by atomic mass is 79.9. The first-order valence-corrected chi connectivity index (χ1v) is 7.39. The van der Waals surface area contributed by atoms with Crippen molar-refractivity contribution in [3.63, 3.8) is 0 Å². The van der Waals surface area contributed by atoms with Gasteiger partial charge >= 0.3 is 0 Å². The van der Waals surface area contributed by atoms with Gasteiger partial charge in [-0.2, -0.15) is 0 Å². The molecule has 0 N–H and O–H groups in total. The van der Waals surface area contributed by atoms with Crippen molar-refractivity contribution in [2.45, 2.75) is 44.3 Å². The van der Waals surface area contributed by atoms with Gasteiger partial charge in [-0.3, -0.25) is 4.79 Å². The van der Waals surface area contributed by atoms with E-state index in [2.05, 4.69) is 42.8 Å². The van der Waals surface area contributed by atoms with Gasteiger partial charge in [-0.05, 0) is 44.9 Å². The number of fused-ring (bicyclic) bond motifs is 1. The first-order valence-electron chi connectivity index (χ1n) is 5.78. The van der Waals surface area contributed by atoms with Crippen LogP contribution in [0.15, 0.2) is 15.4 Å². The van der Waals surface area contributed by atoms with Crippen molar-refractivity contribution in [3.05, 3.63) is 27.2 Å². The topological polar surface area (TPSA) is 17.1 Å². The van der Waals surface area contributed by atoms with E-state index in [0.717, 1.165) is 15.6 Å². The Kier molecular flexibility index (Phi) is 3.20. The van der Waals surface area contributed by atoms with Crippen LogP contribution >= 0.6 is 27.7 Å². The number of hydrogen-bond donors (Lipinski definition) is 0. The molecule has 0 aliphatic carbocycles. The Balaban J connectivity index is 2.73. The molecule has 1 heterocycles. The maximum absolute atomic E-state index is 12.5. The number of thioether (sulfide) groups is 1. The minimum atomic E-state index is -0.0187. The summed E-state index contributed by atoms with van der Waals surface area (Å²) in [4.78, 5) is 13.7. The van der Waals surface area contributed by atoms with E-state index in [1.807, 2.05) is 25.6 Å². The van der Waals surface area contributed by atoms with Gasteiger partial charge in [0.15, 0.2) is 5.78 Å². The van der Waals surface area contributed by atoms with Crippen LogP contribution in [-0.2, 0) is 0 Å². The molecule has 1 aliphatic rings. The van der Waals surface area contributed by atoms with Gasteiger partial charge in [-0.25, -0.2) is 0 Å². The smallest absolute Gasteiger partial charge is 0.168 e. The van der Waals surface area contributed by atoms with Crippen molar-refractivity contribution in [3.8, 4) is 0 Å². The van der Waals surface area contributed by atoms with Gasteiger partial charge in [0, 0.05) is 25.6 Å². The third kappa shape index (κ3) is 1.97. The van der Waals surface area contributed by atoms with Crippen LogP contribution in [-0.4, -0.2) is 10.5 Å². The third-order valence-corrected chi connectivity index (χ3v) is 6.14. The standard InChI is InChI=1S/C14H17BrOS/c1-7-6-10(15)8(2)11-12(16)9(3)14(4,5)17-13(7)11/h6,9H,1-5H3. The predicted octanol–water partition coefficient (Wildman–Crippen LogP) is 4.77. The Morgan fingerprint density at radius 3 is 2.53 bits per heavy atom. The molecule has 3 heteroatoms. The van der Waals surface area contributed by atoms with E-state index in [9.17, 15) is 4.79 Å². The second-order valence-corrected chi connectivity index (χ2v) is 7.81. The summed E-state index contributed by atoms with van der Waals surface area (Å²) in [5.74, 6) is 0.345. The van der Waals surface area contributed by atoms with Crippen LogP contribution in [0.2, 0.25) is 0 Å². The average Bonchev–Trinajstić information content (AvgIpc) is 2.22. The van der Waals surface area contributed by atoms with E-state index in [0.29, 0.717) is 0 Å². The number of Topliss-reactive ketones (excluding diaryl/α,β-unsaturated/α-hetero) is 1. The summed E-state index contributed by atoms with van der Waals surface area (Å²) < 4.78 is 1.02. The number of carbonyl (C=O) groups is 1. The minimum Gasteiger partial charge on any atom is -0.294 e. The number of aryl methyl sites for hydroxylation is 1. The van der Waals surface area contributed by atoms with Crippen LogP contribution in [0.25, 0.3) is 0 Å². The van der Waals surface area contributed by atoms with Gasteiger partial charge in [-0.15, -0.1) is 11.8 Å². The van der Waals surface area contributed by atoms with Crippen LogP contribution in [0.1, 0.15) is 42.3 Å². The number of rotatable bonds is 0. The Morgan fingerprint density at radius 2 is 1.94 bits per heavy atom. The normalized spacial score (nSPS) is 22.5. The zero-order valence-corrected chi connectivity index (χ0v) is 13.3. The van der Waals surface area contributed by atoms with E-state index in [-0.39, 0.29) is 16.4 Å². The van der Waals surface area contributed by atoms with Crippen molar-refractivity contribution < 1.29 is 4.79 Å². The molecule has 0 radical (unpaired) electrons. The Hall–Kier alpha value is -0.280. The quantitative estimate of drug-likeness (QED) is 0.686. The monoisotopic (exact) mass is 312 g/mol. The fourth-order valence-electron chi connectivity index (χ4n) is 2.16. The van der Waals surface area contributed by atoms with Crippen molar-refractivity contribution >= 4 is 33.5 Å². The van der Waals surface area contributed by atoms with Crippen LogP contribution in [0, 0.1) is 19.8 Å². The molecule has 1 atom stereocenters. The fraction of sp³-hybridized carbons (Fsp3) is 0.500. The van der Waals surface area contributed by atoms with E-state index < -0.39 is 0 Å². The highest BCUT2D eigenvalue weighted by Crippen LogP contribution is 2.49. The summed E-state index contributed by atoms with van der Waals surface area (Å²) in [6, 6.07) is 2.11. The molecule has 1 unspecified atom stereocenters. The highest BCUT2D eigenvalue weighted by Gasteiger charge is 2.40. The van der Waals surface area contributed by atoms with Crippen LogP contribution in [0.3, 0.4) is 0 Å². The lowest BCUT2D eigenvalue weighted by Crippen LogP contribution is -2.36. The number of benzene rings is 1. The Morgan fingerprint density at radius 1 is 1.35 bits per heavy atom. The molecular formula is C14H17BrOS. The van der Waals surface area contributed by atoms with E-state index in [4.69, 9.17) is 0 Å². The molecule has 0 aromatic heterocycles. The highest BCUT2D eigenvalue weighted by molar-refractivity contribution is 9.10. The summed E-state index contributed by atoms with van der Waals surface area (Å²) in [5.41, 5.74) is 3.19. The molecule has 1 aromatic rings. The van der Waals surface area contributed by atoms with Gasteiger partial charge in [0.25, 0.3) is 0 Å². The maximum atomic E-state index is 12.5. The third-order valence-electron chi connectivity index (χ3n) is 3.71. The van der Waals surface area contributed by atoms with Crippen molar-refractivity contribution in [2.75, 3.05) is 0 Å². The van der Waals surface area contributed by atoms with Crippen LogP contribution in [0.4, 0.5) is 0 Å². The Labute approximate surface area is 115 Å². The second-order valence-electron chi connectivity index (χ2n) is 5.30. The summed E-state index contributed by atoms with van der Waals surface area (Å²) >= 11 is 5.37. The predicted molar refractivity (Wildman–Crippen MR) is 77.0 cm³/mol. The van der Waals surface area contributed by atoms with Gasteiger partial charge in [0.2, 0.25) is 0 Å². The minimum absolute atomic E-state index is 0.0187. The second kappa shape index (κ2) is 4.13. The molecule has 0 bridgehead atoms. The van der Waals surface area contributed by atoms with Crippen LogP contribution in [0.5, 0.6) is 0 Å². The fourth-order valence-corrected chi connectivity index (χ4v) is 4.09. The molecule has 92 valence electrons. The number of carbonyl (C=O) groups excluding carboxylic acids is 1. The molecular weight excluding hydrogens is 296 g/mol. The molecule has 0 saturated heterocycles. The molecule has 0 amide bonds. The van der Waals surface area contributed by atoms with Gasteiger partial charge in [0.05, 0.1) is 0 Å². The zero-order chi connectivity index (χ0) is 13.0. The number of halogens is 1. The van der Waals surface area contributed by atoms with Gasteiger partial charge in [0.1, 0.15) is 0 Å². The zero-order valence-electron chi connectivity index (χ0n) is 10.8. The van der Waals surface area contributed by atoms with Crippen molar-refractivity contribution in [1.29, 1.82) is 0 Å². The van der Waals surface area contributed by atoms with Crippen molar-refractivity contribution in [1.82, 2.24) is 0 Å². The van der Waals surface area contributed by atoms with E-state index in [1.54, 1.807) is 0 Å². The van der Waals surface area contributed by atoms with E-state index in [1.165, 1.54) is 10.5 Å². The summed E-state index contributed by atoms with van der Waals surface area (Å²) in [6.45, 7) is 10.4. The van der Waals surface area contributed by atoms with Crippen molar-refractivity contribution in [2.24, 2.45) is 5.92 Å². The Bertz CT molecular complexity index is 505. The van der Waals surface area contributed by atoms with Crippen LogP contribution < -0.4 is 0 Å². The molecule has 2 rings (SSSR count). The molecule has 17 heavy (non-hydrogen) atoms. The first-order chi connectivity index (χ1) is 7.75. The van der Waals surface area contributed by atoms with E-state index >= 15 is 0 Å². The largest absolute Gasteiger partial charge is 0.294 e. The average molecular weight is 313 g/mol. The summed E-state index contributed by atoms with van der Waals surface area (Å²) in [6.07, 6.45) is 0. The molecule has 0 spiro atoms. The van der Waals surface area contributed by atoms with Gasteiger partial charge < -0.3 is 0 Å². The molecule has 0 fully saturated rings. The molecule has 1 aliphatic heterocycles. The SMILES string of the molecule is Cc1cc(Br)c(C)c2c1SC(C)(C)C(C)C2=O. The molecule has 0 saturated carbocycles. The number of ketones is 1. The first kappa shape index (κ1) is 13.2. The lowest BCUT2D eigenvalue weighted by molar-refractivity contribution is 0.0902. The van der Waals surface area contributed by atoms with Gasteiger partial charge in [-0.1, -0.05) is 22.9 Å². The number of hydrogen-bond acceptors (Lipinski definition) is 2. The molecule has 1 aromatic carbocycles. The molecule has 1 nitrogen and oxygen atoms in total.